The Balaban J connectivity index is 2.05. The summed E-state index contributed by atoms with van der Waals surface area (Å²) in [5.41, 5.74) is 7.59. The second-order valence-electron chi connectivity index (χ2n) is 3.56. The van der Waals surface area contributed by atoms with E-state index >= 15 is 0 Å². The lowest BCUT2D eigenvalue weighted by Crippen LogP contribution is -2.20. The van der Waals surface area contributed by atoms with Crippen molar-refractivity contribution in [1.82, 2.24) is 10.3 Å². The molecule has 0 unspecified atom stereocenters. The third kappa shape index (κ3) is 2.47. The molecule has 6 nitrogen and oxygen atoms in total. The second kappa shape index (κ2) is 4.73. The second-order valence-corrected chi connectivity index (χ2v) is 3.56. The number of carbonyl (C=O) groups excluding carboxylic acids is 1. The minimum Gasteiger partial charge on any atom is -0.423 e. The van der Waals surface area contributed by atoms with Crippen molar-refractivity contribution in [3.8, 4) is 0 Å². The van der Waals surface area contributed by atoms with Gasteiger partial charge in [0.1, 0.15) is 5.52 Å². The van der Waals surface area contributed by atoms with E-state index in [4.69, 9.17) is 10.2 Å². The topological polar surface area (TPSA) is 93.2 Å². The van der Waals surface area contributed by atoms with E-state index in [-0.39, 0.29) is 5.91 Å². The molecule has 0 spiro atoms. The van der Waals surface area contributed by atoms with Crippen LogP contribution in [0.2, 0.25) is 0 Å². The van der Waals surface area contributed by atoms with Crippen molar-refractivity contribution in [3.05, 3.63) is 18.2 Å². The van der Waals surface area contributed by atoms with E-state index in [2.05, 4.69) is 15.6 Å². The summed E-state index contributed by atoms with van der Waals surface area (Å²) < 4.78 is 5.43. The van der Waals surface area contributed by atoms with Crippen LogP contribution in [0.3, 0.4) is 0 Å². The van der Waals surface area contributed by atoms with E-state index in [0.29, 0.717) is 35.8 Å². The number of fused-ring (bicyclic) bond motifs is 1. The molecule has 1 heterocycles. The lowest BCUT2D eigenvalue weighted by molar-refractivity contribution is -0.120. The quantitative estimate of drug-likeness (QED) is 0.685. The van der Waals surface area contributed by atoms with Gasteiger partial charge in [-0.1, -0.05) is 6.07 Å². The summed E-state index contributed by atoms with van der Waals surface area (Å²) in [6.07, 6.45) is 0.366. The molecular weight excluding hydrogens is 220 g/mol. The molecule has 0 bridgehead atoms. The van der Waals surface area contributed by atoms with E-state index in [1.165, 1.54) is 0 Å². The van der Waals surface area contributed by atoms with Gasteiger partial charge in [-0.05, 0) is 12.1 Å². The Kier molecular flexibility index (Phi) is 3.13. The normalized spacial score (nSPS) is 10.4. The first-order chi connectivity index (χ1) is 8.20. The van der Waals surface area contributed by atoms with Crippen molar-refractivity contribution >= 4 is 28.7 Å². The van der Waals surface area contributed by atoms with Gasteiger partial charge in [-0.25, -0.2) is 0 Å². The van der Waals surface area contributed by atoms with Gasteiger partial charge in [0.15, 0.2) is 5.58 Å². The molecule has 2 rings (SSSR count). The molecule has 1 amide bonds. The number of oxazole rings is 1. The molecule has 0 saturated heterocycles. The zero-order valence-corrected chi connectivity index (χ0v) is 9.49. The van der Waals surface area contributed by atoms with Crippen LogP contribution in [0, 0.1) is 0 Å². The highest BCUT2D eigenvalue weighted by molar-refractivity contribution is 5.86. The highest BCUT2D eigenvalue weighted by Crippen LogP contribution is 2.23. The maximum Gasteiger partial charge on any atom is 0.295 e. The average Bonchev–Trinajstić information content (AvgIpc) is 2.73. The molecule has 0 fully saturated rings. The molecule has 0 aliphatic rings. The number of aromatic nitrogens is 1. The van der Waals surface area contributed by atoms with Crippen LogP contribution in [0.4, 0.5) is 11.7 Å². The molecule has 1 aromatic heterocycles. The Morgan fingerprint density at radius 1 is 1.53 bits per heavy atom. The number of amides is 1. The first-order valence-corrected chi connectivity index (χ1v) is 5.30. The highest BCUT2D eigenvalue weighted by atomic mass is 16.4. The van der Waals surface area contributed by atoms with Crippen LogP contribution in [0.1, 0.15) is 6.42 Å². The molecule has 0 aliphatic heterocycles. The van der Waals surface area contributed by atoms with Crippen LogP contribution >= 0.6 is 0 Å². The number of benzene rings is 1. The molecule has 0 radical (unpaired) electrons. The summed E-state index contributed by atoms with van der Waals surface area (Å²) in [6, 6.07) is 5.74. The number of para-hydroxylation sites is 1. The van der Waals surface area contributed by atoms with Crippen LogP contribution in [-0.2, 0) is 4.79 Å². The fourth-order valence-electron chi connectivity index (χ4n) is 1.45. The Morgan fingerprint density at radius 2 is 2.35 bits per heavy atom. The SMILES string of the molecule is CNC(=O)CCNc1nc2c(N)cccc2o1. The largest absolute Gasteiger partial charge is 0.423 e. The predicted molar refractivity (Wildman–Crippen MR) is 65.6 cm³/mol. The molecule has 17 heavy (non-hydrogen) atoms. The molecule has 1 aromatic carbocycles. The van der Waals surface area contributed by atoms with E-state index in [1.54, 1.807) is 25.2 Å². The van der Waals surface area contributed by atoms with E-state index in [0.717, 1.165) is 0 Å². The van der Waals surface area contributed by atoms with Gasteiger partial charge in [0.2, 0.25) is 5.91 Å². The lowest BCUT2D eigenvalue weighted by atomic mass is 10.3. The minimum atomic E-state index is -0.0341. The molecule has 0 aliphatic carbocycles. The number of hydrogen-bond donors (Lipinski definition) is 3. The van der Waals surface area contributed by atoms with Gasteiger partial charge in [-0.15, -0.1) is 0 Å². The molecule has 6 heteroatoms. The van der Waals surface area contributed by atoms with Crippen molar-refractivity contribution in [2.24, 2.45) is 0 Å². The van der Waals surface area contributed by atoms with Crippen molar-refractivity contribution in [2.75, 3.05) is 24.6 Å². The van der Waals surface area contributed by atoms with Crippen LogP contribution < -0.4 is 16.4 Å². The van der Waals surface area contributed by atoms with Crippen LogP contribution in [0.25, 0.3) is 11.1 Å². The third-order valence-electron chi connectivity index (χ3n) is 2.36. The van der Waals surface area contributed by atoms with E-state index in [9.17, 15) is 4.79 Å². The van der Waals surface area contributed by atoms with Crippen molar-refractivity contribution in [3.63, 3.8) is 0 Å². The summed E-state index contributed by atoms with van der Waals surface area (Å²) >= 11 is 0. The Hall–Kier alpha value is -2.24. The maximum atomic E-state index is 11.0. The summed E-state index contributed by atoms with van der Waals surface area (Å²) in [6.45, 7) is 0.465. The van der Waals surface area contributed by atoms with Gasteiger partial charge in [-0.2, -0.15) is 4.98 Å². The zero-order chi connectivity index (χ0) is 12.3. The molecule has 0 saturated carbocycles. The number of hydrogen-bond acceptors (Lipinski definition) is 5. The number of nitrogens with two attached hydrogens (primary N) is 1. The molecule has 4 N–H and O–H groups in total. The van der Waals surface area contributed by atoms with Crippen LogP contribution in [0.5, 0.6) is 0 Å². The molecular formula is C11H14N4O2. The number of nitrogens with zero attached hydrogens (tertiary/aromatic N) is 1. The first kappa shape index (κ1) is 11.3. The molecule has 90 valence electrons. The fourth-order valence-corrected chi connectivity index (χ4v) is 1.45. The maximum absolute atomic E-state index is 11.0. The molecule has 0 atom stereocenters. The number of nitrogens with one attached hydrogen (secondary N) is 2. The number of nitrogen functional groups attached to an aromatic ring is 1. The van der Waals surface area contributed by atoms with Gasteiger partial charge in [0.05, 0.1) is 5.69 Å². The van der Waals surface area contributed by atoms with Crippen LogP contribution in [-0.4, -0.2) is 24.5 Å². The average molecular weight is 234 g/mol. The number of rotatable bonds is 4. The fraction of sp³-hybridized carbons (Fsp3) is 0.273. The van der Waals surface area contributed by atoms with Gasteiger partial charge in [-0.3, -0.25) is 4.79 Å². The number of anilines is 2. The van der Waals surface area contributed by atoms with Crippen LogP contribution in [0.15, 0.2) is 22.6 Å². The lowest BCUT2D eigenvalue weighted by Gasteiger charge is -1.99. The van der Waals surface area contributed by atoms with E-state index < -0.39 is 0 Å². The Bertz CT molecular complexity index is 535. The van der Waals surface area contributed by atoms with E-state index in [1.807, 2.05) is 0 Å². The Morgan fingerprint density at radius 3 is 3.06 bits per heavy atom. The van der Waals surface area contributed by atoms with Gasteiger partial charge >= 0.3 is 0 Å². The van der Waals surface area contributed by atoms with Crippen molar-refractivity contribution < 1.29 is 9.21 Å². The summed E-state index contributed by atoms with van der Waals surface area (Å²) in [4.78, 5) is 15.2. The minimum absolute atomic E-state index is 0.0341. The smallest absolute Gasteiger partial charge is 0.295 e. The summed E-state index contributed by atoms with van der Waals surface area (Å²) in [5.74, 6) is -0.0341. The first-order valence-electron chi connectivity index (χ1n) is 5.30. The van der Waals surface area contributed by atoms with Gasteiger partial charge in [0, 0.05) is 20.0 Å². The number of carbonyl (C=O) groups is 1. The highest BCUT2D eigenvalue weighted by Gasteiger charge is 2.07. The summed E-state index contributed by atoms with van der Waals surface area (Å²) in [5, 5.41) is 5.47. The third-order valence-corrected chi connectivity index (χ3v) is 2.36. The van der Waals surface area contributed by atoms with Crippen molar-refractivity contribution in [1.29, 1.82) is 0 Å². The Labute approximate surface area is 98.2 Å². The monoisotopic (exact) mass is 234 g/mol. The van der Waals surface area contributed by atoms with Gasteiger partial charge < -0.3 is 20.8 Å². The van der Waals surface area contributed by atoms with Crippen molar-refractivity contribution in [2.45, 2.75) is 6.42 Å². The van der Waals surface area contributed by atoms with Gasteiger partial charge in [0.25, 0.3) is 6.01 Å². The standard InChI is InChI=1S/C11H14N4O2/c1-13-9(16)5-6-14-11-15-10-7(12)3-2-4-8(10)17-11/h2-4H,5-6,12H2,1H3,(H,13,16)(H,14,15). The summed E-state index contributed by atoms with van der Waals surface area (Å²) in [7, 11) is 1.60. The molecule has 2 aromatic rings. The zero-order valence-electron chi connectivity index (χ0n) is 9.49. The predicted octanol–water partition coefficient (Wildman–Crippen LogP) is 0.958.